The number of furan rings is 1. The summed E-state index contributed by atoms with van der Waals surface area (Å²) in [7, 11) is 0. The fourth-order valence-electron chi connectivity index (χ4n) is 4.54. The van der Waals surface area contributed by atoms with Crippen molar-refractivity contribution in [2.24, 2.45) is 11.3 Å². The lowest BCUT2D eigenvalue weighted by atomic mass is 9.90. The van der Waals surface area contributed by atoms with Crippen LogP contribution >= 0.6 is 0 Å². The summed E-state index contributed by atoms with van der Waals surface area (Å²) in [5.41, 5.74) is 1.37. The second-order valence-corrected chi connectivity index (χ2v) is 8.67. The first-order valence-electron chi connectivity index (χ1n) is 10.5. The molecule has 150 valence electrons. The molecule has 0 radical (unpaired) electrons. The summed E-state index contributed by atoms with van der Waals surface area (Å²) in [6.07, 6.45) is 8.01. The minimum atomic E-state index is 0.210. The Morgan fingerprint density at radius 1 is 1.29 bits per heavy atom. The van der Waals surface area contributed by atoms with Crippen molar-refractivity contribution >= 4 is 5.91 Å². The smallest absolute Gasteiger partial charge is 0.223 e. The average molecular weight is 382 g/mol. The van der Waals surface area contributed by atoms with Crippen molar-refractivity contribution in [2.45, 2.75) is 52.0 Å². The Morgan fingerprint density at radius 2 is 2.04 bits per heavy atom. The van der Waals surface area contributed by atoms with Crippen LogP contribution in [-0.2, 0) is 11.3 Å². The van der Waals surface area contributed by atoms with E-state index in [0.29, 0.717) is 12.5 Å². The molecular weight excluding hydrogens is 350 g/mol. The Morgan fingerprint density at radius 3 is 2.71 bits per heavy atom. The van der Waals surface area contributed by atoms with Crippen LogP contribution < -0.4 is 5.32 Å². The van der Waals surface area contributed by atoms with E-state index in [-0.39, 0.29) is 17.2 Å². The second kappa shape index (κ2) is 8.08. The SMILES string of the molecule is Cc1ccc(C(C)CCN2CCC3(CC2)CC3C(=O)NCc2ccncc2)o1. The minimum Gasteiger partial charge on any atom is -0.466 e. The van der Waals surface area contributed by atoms with Gasteiger partial charge in [-0.05, 0) is 87.5 Å². The van der Waals surface area contributed by atoms with Gasteiger partial charge < -0.3 is 14.6 Å². The number of aromatic nitrogens is 1. The summed E-state index contributed by atoms with van der Waals surface area (Å²) in [5.74, 6) is 2.98. The molecule has 0 aromatic carbocycles. The lowest BCUT2D eigenvalue weighted by Crippen LogP contribution is -2.37. The van der Waals surface area contributed by atoms with Gasteiger partial charge in [-0.1, -0.05) is 6.92 Å². The third-order valence-electron chi connectivity index (χ3n) is 6.70. The van der Waals surface area contributed by atoms with Gasteiger partial charge in [0.2, 0.25) is 5.91 Å². The number of carbonyl (C=O) groups excluding carboxylic acids is 1. The van der Waals surface area contributed by atoms with E-state index >= 15 is 0 Å². The van der Waals surface area contributed by atoms with Crippen LogP contribution in [0.4, 0.5) is 0 Å². The maximum atomic E-state index is 12.6. The molecule has 4 rings (SSSR count). The van der Waals surface area contributed by atoms with Crippen molar-refractivity contribution < 1.29 is 9.21 Å². The summed E-state index contributed by atoms with van der Waals surface area (Å²) in [6.45, 7) is 8.17. The van der Waals surface area contributed by atoms with Crippen molar-refractivity contribution in [1.29, 1.82) is 0 Å². The van der Waals surface area contributed by atoms with Gasteiger partial charge in [-0.15, -0.1) is 0 Å². The molecule has 2 unspecified atom stereocenters. The van der Waals surface area contributed by atoms with Crippen LogP contribution in [0.2, 0.25) is 0 Å². The van der Waals surface area contributed by atoms with Gasteiger partial charge in [-0.25, -0.2) is 0 Å². The molecule has 1 spiro atoms. The molecule has 5 heteroatoms. The van der Waals surface area contributed by atoms with Crippen LogP contribution in [0.1, 0.15) is 55.6 Å². The van der Waals surface area contributed by atoms with Crippen LogP contribution in [0.3, 0.4) is 0 Å². The fraction of sp³-hybridized carbons (Fsp3) is 0.565. The second-order valence-electron chi connectivity index (χ2n) is 8.67. The first-order chi connectivity index (χ1) is 13.6. The number of piperidine rings is 1. The predicted octanol–water partition coefficient (Wildman–Crippen LogP) is 3.90. The molecular formula is C23H31N3O2. The number of hydrogen-bond donors (Lipinski definition) is 1. The number of pyridine rings is 1. The van der Waals surface area contributed by atoms with Gasteiger partial charge in [0.15, 0.2) is 0 Å². The molecule has 2 aromatic rings. The molecule has 2 aromatic heterocycles. The zero-order valence-corrected chi connectivity index (χ0v) is 17.0. The number of likely N-dealkylation sites (tertiary alicyclic amines) is 1. The molecule has 2 fully saturated rings. The first-order valence-corrected chi connectivity index (χ1v) is 10.5. The maximum absolute atomic E-state index is 12.6. The van der Waals surface area contributed by atoms with Crippen molar-refractivity contribution in [2.75, 3.05) is 19.6 Å². The summed E-state index contributed by atoms with van der Waals surface area (Å²) in [4.78, 5) is 19.1. The van der Waals surface area contributed by atoms with Gasteiger partial charge in [0.05, 0.1) is 0 Å². The van der Waals surface area contributed by atoms with Gasteiger partial charge in [-0.3, -0.25) is 9.78 Å². The molecule has 2 aliphatic rings. The van der Waals surface area contributed by atoms with Crippen molar-refractivity contribution in [1.82, 2.24) is 15.2 Å². The van der Waals surface area contributed by atoms with Crippen LogP contribution in [0.15, 0.2) is 41.1 Å². The molecule has 1 saturated carbocycles. The topological polar surface area (TPSA) is 58.4 Å². The van der Waals surface area contributed by atoms with Crippen molar-refractivity contribution in [3.05, 3.63) is 53.7 Å². The molecule has 0 bridgehead atoms. The number of nitrogens with zero attached hydrogens (tertiary/aromatic N) is 2. The number of aryl methyl sites for hydroxylation is 1. The zero-order valence-electron chi connectivity index (χ0n) is 17.0. The lowest BCUT2D eigenvalue weighted by molar-refractivity contribution is -0.123. The molecule has 3 heterocycles. The molecule has 1 saturated heterocycles. The molecule has 2 atom stereocenters. The standard InChI is InChI=1S/C23H31N3O2/c1-17(21-4-3-18(2)28-21)7-12-26-13-8-23(9-14-26)15-20(23)22(27)25-16-19-5-10-24-11-6-19/h3-6,10-11,17,20H,7-9,12-16H2,1-2H3,(H,25,27). The summed E-state index contributed by atoms with van der Waals surface area (Å²) in [6, 6.07) is 8.05. The molecule has 5 nitrogen and oxygen atoms in total. The van der Waals surface area contributed by atoms with Gasteiger partial charge in [0.25, 0.3) is 0 Å². The highest BCUT2D eigenvalue weighted by Gasteiger charge is 2.58. The third kappa shape index (κ3) is 4.30. The Hall–Kier alpha value is -2.14. The Labute approximate surface area is 167 Å². The van der Waals surface area contributed by atoms with E-state index in [0.717, 1.165) is 62.4 Å². The predicted molar refractivity (Wildman–Crippen MR) is 109 cm³/mol. The van der Waals surface area contributed by atoms with E-state index in [1.165, 1.54) is 0 Å². The average Bonchev–Trinajstić information content (AvgIpc) is 3.24. The molecule has 28 heavy (non-hydrogen) atoms. The highest BCUT2D eigenvalue weighted by molar-refractivity contribution is 5.82. The normalized spacial score (nSPS) is 22.1. The van der Waals surface area contributed by atoms with Crippen LogP contribution in [-0.4, -0.2) is 35.4 Å². The van der Waals surface area contributed by atoms with Gasteiger partial charge in [0, 0.05) is 30.8 Å². The van der Waals surface area contributed by atoms with E-state index in [1.807, 2.05) is 25.1 Å². The van der Waals surface area contributed by atoms with Crippen molar-refractivity contribution in [3.63, 3.8) is 0 Å². The van der Waals surface area contributed by atoms with Crippen molar-refractivity contribution in [3.8, 4) is 0 Å². The number of amides is 1. The molecule has 1 aliphatic heterocycles. The summed E-state index contributed by atoms with van der Waals surface area (Å²) >= 11 is 0. The van der Waals surface area contributed by atoms with Crippen LogP contribution in [0, 0.1) is 18.3 Å². The summed E-state index contributed by atoms with van der Waals surface area (Å²) < 4.78 is 5.76. The zero-order chi connectivity index (χ0) is 19.6. The highest BCUT2D eigenvalue weighted by atomic mass is 16.3. The van der Waals surface area contributed by atoms with Gasteiger partial charge >= 0.3 is 0 Å². The van der Waals surface area contributed by atoms with E-state index in [4.69, 9.17) is 4.42 Å². The Kier molecular flexibility index (Phi) is 5.54. The van der Waals surface area contributed by atoms with Crippen LogP contribution in [0.25, 0.3) is 0 Å². The molecule has 1 N–H and O–H groups in total. The van der Waals surface area contributed by atoms with Gasteiger partial charge in [-0.2, -0.15) is 0 Å². The first kappa shape index (κ1) is 19.2. The summed E-state index contributed by atoms with van der Waals surface area (Å²) in [5, 5.41) is 3.11. The maximum Gasteiger partial charge on any atom is 0.223 e. The third-order valence-corrected chi connectivity index (χ3v) is 6.70. The molecule has 1 aliphatic carbocycles. The fourth-order valence-corrected chi connectivity index (χ4v) is 4.54. The Bertz CT molecular complexity index is 793. The Balaban J connectivity index is 1.19. The largest absolute Gasteiger partial charge is 0.466 e. The number of nitrogens with one attached hydrogen (secondary N) is 1. The van der Waals surface area contributed by atoms with E-state index in [1.54, 1.807) is 12.4 Å². The number of rotatable bonds is 7. The van der Waals surface area contributed by atoms with E-state index in [9.17, 15) is 4.79 Å². The van der Waals surface area contributed by atoms with Crippen LogP contribution in [0.5, 0.6) is 0 Å². The number of hydrogen-bond acceptors (Lipinski definition) is 4. The van der Waals surface area contributed by atoms with Gasteiger partial charge in [0.1, 0.15) is 11.5 Å². The minimum absolute atomic E-state index is 0.210. The van der Waals surface area contributed by atoms with E-state index < -0.39 is 0 Å². The molecule has 1 amide bonds. The van der Waals surface area contributed by atoms with E-state index in [2.05, 4.69) is 28.2 Å². The lowest BCUT2D eigenvalue weighted by Gasteiger charge is -2.33. The highest BCUT2D eigenvalue weighted by Crippen LogP contribution is 2.59. The quantitative estimate of drug-likeness (QED) is 0.790. The monoisotopic (exact) mass is 381 g/mol. The number of carbonyl (C=O) groups is 1.